The van der Waals surface area contributed by atoms with Crippen molar-refractivity contribution in [2.45, 2.75) is 25.8 Å². The summed E-state index contributed by atoms with van der Waals surface area (Å²) in [5.74, 6) is 1.05. The highest BCUT2D eigenvalue weighted by molar-refractivity contribution is 5.53. The van der Waals surface area contributed by atoms with Gasteiger partial charge in [0.05, 0.1) is 6.61 Å². The second kappa shape index (κ2) is 4.74. The van der Waals surface area contributed by atoms with Gasteiger partial charge >= 0.3 is 0 Å². The fourth-order valence-corrected chi connectivity index (χ4v) is 1.94. The number of nitrogens with two attached hydrogens (primary N) is 1. The van der Waals surface area contributed by atoms with Gasteiger partial charge in [-0.05, 0) is 37.1 Å². The van der Waals surface area contributed by atoms with E-state index in [-0.39, 0.29) is 6.04 Å². The van der Waals surface area contributed by atoms with Crippen LogP contribution in [0, 0.1) is 0 Å². The SMILES string of the molecule is CC(N)CCN(C)c1ccc2c(c1)CCO2. The third-order valence-electron chi connectivity index (χ3n) is 3.03. The molecule has 0 amide bonds. The highest BCUT2D eigenvalue weighted by Gasteiger charge is 2.13. The number of hydrogen-bond acceptors (Lipinski definition) is 3. The standard InChI is InChI=1S/C13H20N2O/c1-10(14)5-7-15(2)12-3-4-13-11(9-12)6-8-16-13/h3-4,9-10H,5-8,14H2,1-2H3. The van der Waals surface area contributed by atoms with Crippen molar-refractivity contribution in [3.05, 3.63) is 23.8 Å². The average molecular weight is 220 g/mol. The van der Waals surface area contributed by atoms with Gasteiger partial charge in [-0.3, -0.25) is 0 Å². The minimum Gasteiger partial charge on any atom is -0.493 e. The summed E-state index contributed by atoms with van der Waals surface area (Å²) in [5.41, 5.74) is 8.34. The topological polar surface area (TPSA) is 38.5 Å². The van der Waals surface area contributed by atoms with E-state index in [1.165, 1.54) is 11.3 Å². The van der Waals surface area contributed by atoms with Crippen molar-refractivity contribution in [3.63, 3.8) is 0 Å². The summed E-state index contributed by atoms with van der Waals surface area (Å²) in [6.07, 6.45) is 2.05. The van der Waals surface area contributed by atoms with Gasteiger partial charge < -0.3 is 15.4 Å². The fourth-order valence-electron chi connectivity index (χ4n) is 1.94. The molecule has 1 aliphatic rings. The van der Waals surface area contributed by atoms with E-state index in [4.69, 9.17) is 10.5 Å². The Balaban J connectivity index is 2.03. The summed E-state index contributed by atoms with van der Waals surface area (Å²) in [6, 6.07) is 6.68. The molecule has 0 aliphatic carbocycles. The third-order valence-corrected chi connectivity index (χ3v) is 3.03. The van der Waals surface area contributed by atoms with Crippen LogP contribution in [0.4, 0.5) is 5.69 Å². The van der Waals surface area contributed by atoms with Crippen molar-refractivity contribution in [3.8, 4) is 5.75 Å². The van der Waals surface area contributed by atoms with Crippen LogP contribution in [0.2, 0.25) is 0 Å². The lowest BCUT2D eigenvalue weighted by molar-refractivity contribution is 0.357. The highest BCUT2D eigenvalue weighted by atomic mass is 16.5. The van der Waals surface area contributed by atoms with Crippen LogP contribution in [0.5, 0.6) is 5.75 Å². The van der Waals surface area contributed by atoms with E-state index in [2.05, 4.69) is 30.1 Å². The van der Waals surface area contributed by atoms with Crippen LogP contribution in [-0.4, -0.2) is 26.2 Å². The van der Waals surface area contributed by atoms with Gasteiger partial charge in [0.15, 0.2) is 0 Å². The Kier molecular flexibility index (Phi) is 3.34. The van der Waals surface area contributed by atoms with E-state index >= 15 is 0 Å². The molecule has 2 rings (SSSR count). The number of hydrogen-bond donors (Lipinski definition) is 1. The first kappa shape index (κ1) is 11.3. The zero-order chi connectivity index (χ0) is 11.5. The molecule has 0 bridgehead atoms. The molecule has 88 valence electrons. The molecule has 0 aromatic heterocycles. The number of rotatable bonds is 4. The van der Waals surface area contributed by atoms with Gasteiger partial charge in [0, 0.05) is 31.7 Å². The Labute approximate surface area is 97.2 Å². The molecule has 1 unspecified atom stereocenters. The van der Waals surface area contributed by atoms with E-state index < -0.39 is 0 Å². The molecule has 1 atom stereocenters. The molecule has 1 aliphatic heterocycles. The maximum absolute atomic E-state index is 5.76. The van der Waals surface area contributed by atoms with Gasteiger partial charge in [-0.2, -0.15) is 0 Å². The van der Waals surface area contributed by atoms with Crippen LogP contribution < -0.4 is 15.4 Å². The third kappa shape index (κ3) is 2.47. The monoisotopic (exact) mass is 220 g/mol. The Morgan fingerprint density at radius 1 is 1.50 bits per heavy atom. The minimum atomic E-state index is 0.264. The molecule has 16 heavy (non-hydrogen) atoms. The Morgan fingerprint density at radius 3 is 3.06 bits per heavy atom. The zero-order valence-electron chi connectivity index (χ0n) is 10.1. The molecular weight excluding hydrogens is 200 g/mol. The predicted octanol–water partition coefficient (Wildman–Crippen LogP) is 1.79. The summed E-state index contributed by atoms with van der Waals surface area (Å²) < 4.78 is 5.49. The van der Waals surface area contributed by atoms with Crippen molar-refractivity contribution in [2.24, 2.45) is 5.73 Å². The van der Waals surface area contributed by atoms with E-state index in [1.807, 2.05) is 6.92 Å². The van der Waals surface area contributed by atoms with Gasteiger partial charge in [-0.25, -0.2) is 0 Å². The van der Waals surface area contributed by atoms with Gasteiger partial charge in [0.1, 0.15) is 5.75 Å². The van der Waals surface area contributed by atoms with Crippen molar-refractivity contribution in [1.29, 1.82) is 0 Å². The molecule has 0 fully saturated rings. The lowest BCUT2D eigenvalue weighted by Gasteiger charge is -2.20. The first-order valence-corrected chi connectivity index (χ1v) is 5.89. The van der Waals surface area contributed by atoms with Crippen molar-refractivity contribution < 1.29 is 4.74 Å². The Bertz CT molecular complexity index is 363. The first-order valence-electron chi connectivity index (χ1n) is 5.89. The predicted molar refractivity (Wildman–Crippen MR) is 67.2 cm³/mol. The smallest absolute Gasteiger partial charge is 0.122 e. The molecule has 3 nitrogen and oxygen atoms in total. The molecule has 0 saturated carbocycles. The van der Waals surface area contributed by atoms with Crippen molar-refractivity contribution >= 4 is 5.69 Å². The molecule has 0 saturated heterocycles. The molecule has 3 heteroatoms. The summed E-state index contributed by atoms with van der Waals surface area (Å²) in [4.78, 5) is 2.25. The number of nitrogens with zero attached hydrogens (tertiary/aromatic N) is 1. The lowest BCUT2D eigenvalue weighted by Crippen LogP contribution is -2.25. The molecule has 1 aromatic rings. The van der Waals surface area contributed by atoms with E-state index in [0.717, 1.165) is 31.7 Å². The number of benzene rings is 1. The van der Waals surface area contributed by atoms with Crippen LogP contribution >= 0.6 is 0 Å². The van der Waals surface area contributed by atoms with Gasteiger partial charge in [0.25, 0.3) is 0 Å². The number of ether oxygens (including phenoxy) is 1. The number of anilines is 1. The van der Waals surface area contributed by atoms with Gasteiger partial charge in [0.2, 0.25) is 0 Å². The van der Waals surface area contributed by atoms with E-state index in [1.54, 1.807) is 0 Å². The molecule has 1 heterocycles. The molecule has 0 radical (unpaired) electrons. The molecule has 1 aromatic carbocycles. The normalized spacial score (nSPS) is 15.4. The molecule has 2 N–H and O–H groups in total. The van der Waals surface area contributed by atoms with Crippen LogP contribution in [0.25, 0.3) is 0 Å². The number of fused-ring (bicyclic) bond motifs is 1. The van der Waals surface area contributed by atoms with Gasteiger partial charge in [-0.15, -0.1) is 0 Å². The second-order valence-electron chi connectivity index (χ2n) is 4.58. The maximum Gasteiger partial charge on any atom is 0.122 e. The minimum absolute atomic E-state index is 0.264. The van der Waals surface area contributed by atoms with Crippen molar-refractivity contribution in [2.75, 3.05) is 25.1 Å². The summed E-state index contributed by atoms with van der Waals surface area (Å²) in [5, 5.41) is 0. The molecular formula is C13H20N2O. The second-order valence-corrected chi connectivity index (χ2v) is 4.58. The fraction of sp³-hybridized carbons (Fsp3) is 0.538. The Hall–Kier alpha value is -1.22. The van der Waals surface area contributed by atoms with Crippen LogP contribution in [0.1, 0.15) is 18.9 Å². The summed E-state index contributed by atoms with van der Waals surface area (Å²) in [6.45, 7) is 3.87. The van der Waals surface area contributed by atoms with Crippen molar-refractivity contribution in [1.82, 2.24) is 0 Å². The van der Waals surface area contributed by atoms with E-state index in [9.17, 15) is 0 Å². The zero-order valence-corrected chi connectivity index (χ0v) is 10.1. The highest BCUT2D eigenvalue weighted by Crippen LogP contribution is 2.29. The van der Waals surface area contributed by atoms with E-state index in [0.29, 0.717) is 0 Å². The lowest BCUT2D eigenvalue weighted by atomic mass is 10.1. The Morgan fingerprint density at radius 2 is 2.31 bits per heavy atom. The largest absolute Gasteiger partial charge is 0.493 e. The average Bonchev–Trinajstić information content (AvgIpc) is 2.72. The summed E-state index contributed by atoms with van der Waals surface area (Å²) in [7, 11) is 2.11. The van der Waals surface area contributed by atoms with Crippen LogP contribution in [0.3, 0.4) is 0 Å². The first-order chi connectivity index (χ1) is 7.66. The van der Waals surface area contributed by atoms with Gasteiger partial charge in [-0.1, -0.05) is 0 Å². The van der Waals surface area contributed by atoms with Crippen LogP contribution in [0.15, 0.2) is 18.2 Å². The van der Waals surface area contributed by atoms with Crippen LogP contribution in [-0.2, 0) is 6.42 Å². The summed E-state index contributed by atoms with van der Waals surface area (Å²) >= 11 is 0. The molecule has 0 spiro atoms. The maximum atomic E-state index is 5.76. The quantitative estimate of drug-likeness (QED) is 0.841.